The first kappa shape index (κ1) is 20.2. The molecule has 140 valence electrons. The molecule has 3 heteroatoms. The van der Waals surface area contributed by atoms with Gasteiger partial charge in [0.05, 0.1) is 12.2 Å². The van der Waals surface area contributed by atoms with Gasteiger partial charge >= 0.3 is 5.97 Å². The third-order valence-corrected chi connectivity index (χ3v) is 4.78. The average molecular weight is 354 g/mol. The lowest BCUT2D eigenvalue weighted by Gasteiger charge is -2.26. The summed E-state index contributed by atoms with van der Waals surface area (Å²) in [6.45, 7) is 6.23. The molecule has 0 heterocycles. The predicted octanol–water partition coefficient (Wildman–Crippen LogP) is 5.51. The Morgan fingerprint density at radius 1 is 1.15 bits per heavy atom. The van der Waals surface area contributed by atoms with E-state index in [4.69, 9.17) is 4.74 Å². The molecule has 1 aliphatic carbocycles. The fraction of sp³-hybridized carbons (Fsp3) is 0.478. The molecule has 0 bridgehead atoms. The highest BCUT2D eigenvalue weighted by atomic mass is 16.5. The van der Waals surface area contributed by atoms with Gasteiger partial charge in [-0.1, -0.05) is 69.5 Å². The number of ether oxygens (including phenoxy) is 1. The van der Waals surface area contributed by atoms with Crippen molar-refractivity contribution in [1.82, 2.24) is 0 Å². The third kappa shape index (κ3) is 4.94. The number of carbonyl (C=O) groups is 2. The number of allylic oxidation sites excluding steroid dienone is 2. The Morgan fingerprint density at radius 3 is 2.54 bits per heavy atom. The Hall–Kier alpha value is -2.16. The highest BCUT2D eigenvalue weighted by molar-refractivity contribution is 6.29. The highest BCUT2D eigenvalue weighted by Gasteiger charge is 2.34. The second-order valence-electron chi connectivity index (χ2n) is 6.88. The minimum absolute atomic E-state index is 0.0300. The van der Waals surface area contributed by atoms with E-state index >= 15 is 0 Å². The maximum Gasteiger partial charge on any atom is 0.339 e. The highest BCUT2D eigenvalue weighted by Crippen LogP contribution is 2.37. The first-order valence-electron chi connectivity index (χ1n) is 9.80. The lowest BCUT2D eigenvalue weighted by molar-refractivity contribution is -0.138. The molecule has 0 saturated heterocycles. The normalized spacial score (nSPS) is 19.1. The zero-order valence-corrected chi connectivity index (χ0v) is 16.2. The van der Waals surface area contributed by atoms with Crippen molar-refractivity contribution in [2.24, 2.45) is 5.92 Å². The van der Waals surface area contributed by atoms with Gasteiger partial charge in [0.15, 0.2) is 5.78 Å². The van der Waals surface area contributed by atoms with E-state index in [1.165, 1.54) is 19.3 Å². The summed E-state index contributed by atoms with van der Waals surface area (Å²) in [6.07, 6.45) is 8.42. The van der Waals surface area contributed by atoms with Crippen LogP contribution in [0, 0.1) is 5.92 Å². The Kier molecular flexibility index (Phi) is 7.83. The van der Waals surface area contributed by atoms with E-state index in [-0.39, 0.29) is 17.7 Å². The Morgan fingerprint density at radius 2 is 1.88 bits per heavy atom. The molecule has 1 aromatic carbocycles. The molecule has 1 aliphatic rings. The summed E-state index contributed by atoms with van der Waals surface area (Å²) in [7, 11) is 0. The molecule has 0 amide bonds. The van der Waals surface area contributed by atoms with Gasteiger partial charge in [-0.05, 0) is 37.3 Å². The molecule has 0 spiro atoms. The zero-order chi connectivity index (χ0) is 18.9. The monoisotopic (exact) mass is 354 g/mol. The van der Waals surface area contributed by atoms with Crippen LogP contribution >= 0.6 is 0 Å². The van der Waals surface area contributed by atoms with Crippen molar-refractivity contribution in [2.75, 3.05) is 6.61 Å². The number of ketones is 1. The SMILES string of the molecule is CCCCCC/C=C1/CC(C)C(=O)C(c2ccccc2)=C1C(=O)OCC. The standard InChI is InChI=1S/C23H30O3/c1-4-6-7-8-10-15-19-16-17(3)22(24)20(18-13-11-9-12-14-18)21(19)23(25)26-5-2/h9,11-15,17H,4-8,10,16H2,1-3H3/b19-15-. The van der Waals surface area contributed by atoms with Crippen molar-refractivity contribution < 1.29 is 14.3 Å². The van der Waals surface area contributed by atoms with E-state index in [1.54, 1.807) is 6.92 Å². The molecular formula is C23H30O3. The van der Waals surface area contributed by atoms with Crippen LogP contribution in [-0.4, -0.2) is 18.4 Å². The number of benzene rings is 1. The number of hydrogen-bond acceptors (Lipinski definition) is 3. The first-order valence-corrected chi connectivity index (χ1v) is 9.80. The number of esters is 1. The summed E-state index contributed by atoms with van der Waals surface area (Å²) in [5, 5.41) is 0. The summed E-state index contributed by atoms with van der Waals surface area (Å²) in [5.74, 6) is -0.473. The largest absolute Gasteiger partial charge is 0.462 e. The lowest BCUT2D eigenvalue weighted by Crippen LogP contribution is -2.26. The molecule has 1 unspecified atom stereocenters. The predicted molar refractivity (Wildman–Crippen MR) is 106 cm³/mol. The summed E-state index contributed by atoms with van der Waals surface area (Å²) in [6, 6.07) is 9.49. The van der Waals surface area contributed by atoms with E-state index in [0.29, 0.717) is 24.2 Å². The topological polar surface area (TPSA) is 43.4 Å². The van der Waals surface area contributed by atoms with E-state index < -0.39 is 0 Å². The van der Waals surface area contributed by atoms with Crippen LogP contribution in [0.2, 0.25) is 0 Å². The molecular weight excluding hydrogens is 324 g/mol. The van der Waals surface area contributed by atoms with Crippen LogP contribution in [0.3, 0.4) is 0 Å². The summed E-state index contributed by atoms with van der Waals surface area (Å²) in [4.78, 5) is 25.6. The minimum Gasteiger partial charge on any atom is -0.462 e. The van der Waals surface area contributed by atoms with Gasteiger partial charge in [0.25, 0.3) is 0 Å². The molecule has 0 aliphatic heterocycles. The maximum atomic E-state index is 12.9. The van der Waals surface area contributed by atoms with Crippen molar-refractivity contribution in [2.45, 2.75) is 59.3 Å². The van der Waals surface area contributed by atoms with Crippen molar-refractivity contribution in [3.05, 3.63) is 53.1 Å². The number of carbonyl (C=O) groups excluding carboxylic acids is 2. The molecule has 2 rings (SSSR count). The van der Waals surface area contributed by atoms with Crippen LogP contribution in [0.15, 0.2) is 47.6 Å². The molecule has 0 saturated carbocycles. The van der Waals surface area contributed by atoms with Gasteiger partial charge in [-0.25, -0.2) is 4.79 Å². The van der Waals surface area contributed by atoms with Crippen LogP contribution in [0.25, 0.3) is 5.57 Å². The van der Waals surface area contributed by atoms with Crippen LogP contribution in [0.1, 0.15) is 64.9 Å². The summed E-state index contributed by atoms with van der Waals surface area (Å²) < 4.78 is 5.30. The van der Waals surface area contributed by atoms with E-state index in [2.05, 4.69) is 13.0 Å². The van der Waals surface area contributed by atoms with Gasteiger partial charge in [-0.3, -0.25) is 4.79 Å². The van der Waals surface area contributed by atoms with Crippen molar-refractivity contribution >= 4 is 17.3 Å². The van der Waals surface area contributed by atoms with Crippen molar-refractivity contribution in [3.8, 4) is 0 Å². The molecule has 1 atom stereocenters. The smallest absolute Gasteiger partial charge is 0.339 e. The fourth-order valence-electron chi connectivity index (χ4n) is 3.42. The molecule has 0 fully saturated rings. The van der Waals surface area contributed by atoms with Crippen LogP contribution < -0.4 is 0 Å². The van der Waals surface area contributed by atoms with E-state index in [1.807, 2.05) is 37.3 Å². The molecule has 0 N–H and O–H groups in total. The van der Waals surface area contributed by atoms with Crippen molar-refractivity contribution in [1.29, 1.82) is 0 Å². The molecule has 1 aromatic rings. The van der Waals surface area contributed by atoms with Crippen LogP contribution in [0.5, 0.6) is 0 Å². The molecule has 0 radical (unpaired) electrons. The quantitative estimate of drug-likeness (QED) is 0.457. The molecule has 3 nitrogen and oxygen atoms in total. The number of hydrogen-bond donors (Lipinski definition) is 0. The maximum absolute atomic E-state index is 12.9. The Labute approximate surface area is 157 Å². The zero-order valence-electron chi connectivity index (χ0n) is 16.2. The summed E-state index contributed by atoms with van der Waals surface area (Å²) in [5.41, 5.74) is 2.74. The number of Topliss-reactive ketones (excluding diaryl/α,β-unsaturated/α-hetero) is 1. The Bertz CT molecular complexity index is 683. The van der Waals surface area contributed by atoms with Gasteiger partial charge in [-0.15, -0.1) is 0 Å². The second kappa shape index (κ2) is 10.1. The van der Waals surface area contributed by atoms with Crippen molar-refractivity contribution in [3.63, 3.8) is 0 Å². The third-order valence-electron chi connectivity index (χ3n) is 4.78. The van der Waals surface area contributed by atoms with Gasteiger partial charge in [-0.2, -0.15) is 0 Å². The minimum atomic E-state index is -0.383. The second-order valence-corrected chi connectivity index (χ2v) is 6.88. The summed E-state index contributed by atoms with van der Waals surface area (Å²) >= 11 is 0. The van der Waals surface area contributed by atoms with Gasteiger partial charge in [0.1, 0.15) is 0 Å². The van der Waals surface area contributed by atoms with Crippen LogP contribution in [-0.2, 0) is 14.3 Å². The van der Waals surface area contributed by atoms with Crippen LogP contribution in [0.4, 0.5) is 0 Å². The molecule has 0 aromatic heterocycles. The fourth-order valence-corrected chi connectivity index (χ4v) is 3.42. The average Bonchev–Trinajstić information content (AvgIpc) is 2.64. The first-order chi connectivity index (χ1) is 12.6. The van der Waals surface area contributed by atoms with Gasteiger partial charge in [0.2, 0.25) is 0 Å². The Balaban J connectivity index is 2.45. The lowest BCUT2D eigenvalue weighted by atomic mass is 9.77. The molecule has 26 heavy (non-hydrogen) atoms. The number of unbranched alkanes of at least 4 members (excludes halogenated alkanes) is 4. The van der Waals surface area contributed by atoms with E-state index in [0.717, 1.165) is 24.0 Å². The number of rotatable bonds is 8. The van der Waals surface area contributed by atoms with Gasteiger partial charge < -0.3 is 4.74 Å². The van der Waals surface area contributed by atoms with Gasteiger partial charge in [0, 0.05) is 11.5 Å². The van der Waals surface area contributed by atoms with E-state index in [9.17, 15) is 9.59 Å².